The summed E-state index contributed by atoms with van der Waals surface area (Å²) in [5.74, 6) is -0.992. The zero-order valence-electron chi connectivity index (χ0n) is 11.7. The lowest BCUT2D eigenvalue weighted by Gasteiger charge is -2.40. The van der Waals surface area contributed by atoms with Crippen LogP contribution < -0.4 is 5.73 Å². The van der Waals surface area contributed by atoms with Gasteiger partial charge in [0, 0.05) is 26.8 Å². The number of ether oxygens (including phenoxy) is 1. The van der Waals surface area contributed by atoms with Crippen LogP contribution in [-0.4, -0.2) is 54.7 Å². The van der Waals surface area contributed by atoms with Crippen molar-refractivity contribution in [3.63, 3.8) is 0 Å². The first-order chi connectivity index (χ1) is 8.96. The van der Waals surface area contributed by atoms with E-state index in [1.54, 1.807) is 12.0 Å². The van der Waals surface area contributed by atoms with Crippen LogP contribution in [0, 0.1) is 5.41 Å². The van der Waals surface area contributed by atoms with Crippen LogP contribution in [0.15, 0.2) is 0 Å². The molecule has 0 saturated carbocycles. The van der Waals surface area contributed by atoms with E-state index in [-0.39, 0.29) is 12.5 Å². The minimum atomic E-state index is -0.821. The van der Waals surface area contributed by atoms with Gasteiger partial charge in [-0.3, -0.25) is 9.59 Å². The molecule has 3 N–H and O–H groups in total. The number of amides is 1. The molecular formula is C13H24N2O4. The van der Waals surface area contributed by atoms with Gasteiger partial charge in [-0.2, -0.15) is 0 Å². The molecule has 0 radical (unpaired) electrons. The molecule has 110 valence electrons. The number of likely N-dealkylation sites (tertiary alicyclic amines) is 1. The van der Waals surface area contributed by atoms with Gasteiger partial charge >= 0.3 is 5.97 Å². The van der Waals surface area contributed by atoms with Crippen molar-refractivity contribution in [1.82, 2.24) is 4.90 Å². The molecule has 0 aliphatic carbocycles. The molecule has 1 amide bonds. The van der Waals surface area contributed by atoms with Crippen LogP contribution in [0.25, 0.3) is 0 Å². The lowest BCUT2D eigenvalue weighted by atomic mass is 9.77. The number of hydrogen-bond acceptors (Lipinski definition) is 4. The van der Waals surface area contributed by atoms with Gasteiger partial charge in [0.15, 0.2) is 0 Å². The van der Waals surface area contributed by atoms with Crippen molar-refractivity contribution in [2.75, 3.05) is 26.8 Å². The van der Waals surface area contributed by atoms with E-state index in [9.17, 15) is 14.7 Å². The highest BCUT2D eigenvalue weighted by molar-refractivity contribution is 5.83. The molecule has 0 aromatic rings. The largest absolute Gasteiger partial charge is 0.481 e. The Balaban J connectivity index is 2.68. The number of piperidine rings is 1. The minimum absolute atomic E-state index is 0.171. The van der Waals surface area contributed by atoms with Gasteiger partial charge in [0.25, 0.3) is 0 Å². The van der Waals surface area contributed by atoms with Gasteiger partial charge in [-0.15, -0.1) is 0 Å². The molecule has 2 unspecified atom stereocenters. The Morgan fingerprint density at radius 1 is 1.53 bits per heavy atom. The van der Waals surface area contributed by atoms with Gasteiger partial charge in [-0.05, 0) is 25.7 Å². The first kappa shape index (κ1) is 15.9. The lowest BCUT2D eigenvalue weighted by molar-refractivity contribution is -0.155. The minimum Gasteiger partial charge on any atom is -0.481 e. The zero-order valence-corrected chi connectivity index (χ0v) is 11.7. The highest BCUT2D eigenvalue weighted by Gasteiger charge is 2.42. The van der Waals surface area contributed by atoms with Crippen LogP contribution in [0.5, 0.6) is 0 Å². The van der Waals surface area contributed by atoms with Crippen molar-refractivity contribution < 1.29 is 19.4 Å². The maximum atomic E-state index is 12.2. The second-order valence-corrected chi connectivity index (χ2v) is 5.19. The zero-order chi connectivity index (χ0) is 14.5. The highest BCUT2D eigenvalue weighted by atomic mass is 16.5. The molecule has 1 rings (SSSR count). The fraction of sp³-hybridized carbons (Fsp3) is 0.846. The molecule has 1 aliphatic heterocycles. The third kappa shape index (κ3) is 3.67. The monoisotopic (exact) mass is 272 g/mol. The van der Waals surface area contributed by atoms with Crippen LogP contribution in [0.4, 0.5) is 0 Å². The Labute approximate surface area is 113 Å². The first-order valence-corrected chi connectivity index (χ1v) is 6.73. The summed E-state index contributed by atoms with van der Waals surface area (Å²) in [4.78, 5) is 25.2. The van der Waals surface area contributed by atoms with Gasteiger partial charge in [0.05, 0.1) is 11.5 Å². The molecule has 0 aromatic heterocycles. The Hall–Kier alpha value is -1.14. The van der Waals surface area contributed by atoms with Crippen LogP contribution in [-0.2, 0) is 14.3 Å². The van der Waals surface area contributed by atoms with E-state index in [1.165, 1.54) is 0 Å². The number of rotatable bonds is 6. The topological polar surface area (TPSA) is 92.9 Å². The second kappa shape index (κ2) is 6.86. The second-order valence-electron chi connectivity index (χ2n) is 5.19. The van der Waals surface area contributed by atoms with E-state index in [1.807, 2.05) is 6.92 Å². The van der Waals surface area contributed by atoms with Gasteiger partial charge in [-0.1, -0.05) is 6.92 Å². The van der Waals surface area contributed by atoms with E-state index < -0.39 is 17.4 Å². The Morgan fingerprint density at radius 2 is 2.21 bits per heavy atom. The maximum Gasteiger partial charge on any atom is 0.311 e. The van der Waals surface area contributed by atoms with Crippen molar-refractivity contribution in [3.05, 3.63) is 0 Å². The van der Waals surface area contributed by atoms with Crippen molar-refractivity contribution in [3.8, 4) is 0 Å². The number of carboxylic acids is 1. The van der Waals surface area contributed by atoms with Crippen molar-refractivity contribution in [2.24, 2.45) is 11.1 Å². The average Bonchev–Trinajstić information content (AvgIpc) is 2.43. The normalized spacial score (nSPS) is 25.1. The maximum absolute atomic E-state index is 12.2. The number of nitrogens with two attached hydrogens (primary N) is 1. The molecule has 6 heteroatoms. The van der Waals surface area contributed by atoms with E-state index in [4.69, 9.17) is 10.5 Å². The number of methoxy groups -OCH3 is 1. The van der Waals surface area contributed by atoms with Gasteiger partial charge in [0.1, 0.15) is 0 Å². The molecule has 19 heavy (non-hydrogen) atoms. The first-order valence-electron chi connectivity index (χ1n) is 6.73. The smallest absolute Gasteiger partial charge is 0.311 e. The SMILES string of the molecule is CCC1(C(=O)O)CCCN(C(=O)C(N)CCOC)C1. The van der Waals surface area contributed by atoms with Gasteiger partial charge in [-0.25, -0.2) is 0 Å². The number of carbonyl (C=O) groups excluding carboxylic acids is 1. The molecule has 1 heterocycles. The van der Waals surface area contributed by atoms with Crippen LogP contribution >= 0.6 is 0 Å². The summed E-state index contributed by atoms with van der Waals surface area (Å²) in [6.45, 7) is 3.14. The quantitative estimate of drug-likeness (QED) is 0.732. The molecule has 0 bridgehead atoms. The van der Waals surface area contributed by atoms with Gasteiger partial charge < -0.3 is 20.5 Å². The Morgan fingerprint density at radius 3 is 2.74 bits per heavy atom. The number of nitrogens with zero attached hydrogens (tertiary/aromatic N) is 1. The number of hydrogen-bond donors (Lipinski definition) is 2. The molecular weight excluding hydrogens is 248 g/mol. The summed E-state index contributed by atoms with van der Waals surface area (Å²) >= 11 is 0. The summed E-state index contributed by atoms with van der Waals surface area (Å²) in [6.07, 6.45) is 2.32. The summed E-state index contributed by atoms with van der Waals surface area (Å²) in [6, 6.07) is -0.610. The molecule has 1 aliphatic rings. The highest BCUT2D eigenvalue weighted by Crippen LogP contribution is 2.33. The lowest BCUT2D eigenvalue weighted by Crippen LogP contribution is -2.53. The van der Waals surface area contributed by atoms with E-state index in [0.29, 0.717) is 38.8 Å². The third-order valence-corrected chi connectivity index (χ3v) is 3.97. The molecule has 6 nitrogen and oxygen atoms in total. The molecule has 0 aromatic carbocycles. The Kier molecular flexibility index (Phi) is 5.75. The van der Waals surface area contributed by atoms with Crippen LogP contribution in [0.2, 0.25) is 0 Å². The molecule has 1 fully saturated rings. The summed E-state index contributed by atoms with van der Waals surface area (Å²) < 4.78 is 4.91. The predicted molar refractivity (Wildman–Crippen MR) is 70.6 cm³/mol. The summed E-state index contributed by atoms with van der Waals surface area (Å²) in [7, 11) is 1.56. The Bertz CT molecular complexity index is 335. The van der Waals surface area contributed by atoms with E-state index >= 15 is 0 Å². The standard InChI is InChI=1S/C13H24N2O4/c1-3-13(12(17)18)6-4-7-15(9-13)11(16)10(14)5-8-19-2/h10H,3-9,14H2,1-2H3,(H,17,18). The van der Waals surface area contributed by atoms with Gasteiger partial charge in [0.2, 0.25) is 5.91 Å². The van der Waals surface area contributed by atoms with Crippen molar-refractivity contribution >= 4 is 11.9 Å². The molecule has 2 atom stereocenters. The van der Waals surface area contributed by atoms with Crippen molar-refractivity contribution in [2.45, 2.75) is 38.6 Å². The average molecular weight is 272 g/mol. The fourth-order valence-corrected chi connectivity index (χ4v) is 2.54. The summed E-state index contributed by atoms with van der Waals surface area (Å²) in [5.41, 5.74) is 5.01. The molecule has 1 saturated heterocycles. The number of carbonyl (C=O) groups is 2. The predicted octanol–water partition coefficient (Wildman–Crippen LogP) is 0.454. The number of aliphatic carboxylic acids is 1. The van der Waals surface area contributed by atoms with E-state index in [0.717, 1.165) is 0 Å². The number of carboxylic acid groups (broad SMARTS) is 1. The summed E-state index contributed by atoms with van der Waals surface area (Å²) in [5, 5.41) is 9.38. The fourth-order valence-electron chi connectivity index (χ4n) is 2.54. The van der Waals surface area contributed by atoms with Crippen LogP contribution in [0.3, 0.4) is 0 Å². The van der Waals surface area contributed by atoms with Crippen LogP contribution in [0.1, 0.15) is 32.6 Å². The van der Waals surface area contributed by atoms with E-state index in [2.05, 4.69) is 0 Å². The molecule has 0 spiro atoms. The van der Waals surface area contributed by atoms with Crippen molar-refractivity contribution in [1.29, 1.82) is 0 Å². The third-order valence-electron chi connectivity index (χ3n) is 3.97.